The normalized spacial score (nSPS) is 10.5. The molecule has 0 bridgehead atoms. The van der Waals surface area contributed by atoms with Crippen molar-refractivity contribution < 1.29 is 9.53 Å². The van der Waals surface area contributed by atoms with Gasteiger partial charge in [-0.3, -0.25) is 4.79 Å². The molecule has 0 radical (unpaired) electrons. The number of benzene rings is 2. The summed E-state index contributed by atoms with van der Waals surface area (Å²) in [4.78, 5) is 26.6. The summed E-state index contributed by atoms with van der Waals surface area (Å²) in [7, 11) is 0. The van der Waals surface area contributed by atoms with Gasteiger partial charge in [0.1, 0.15) is 5.75 Å². The fourth-order valence-electron chi connectivity index (χ4n) is 2.14. The van der Waals surface area contributed by atoms with Gasteiger partial charge in [0.25, 0.3) is 0 Å². The molecule has 0 aliphatic rings. The number of esters is 1. The van der Waals surface area contributed by atoms with Crippen molar-refractivity contribution in [1.29, 1.82) is 0 Å². The first-order valence-corrected chi connectivity index (χ1v) is 6.54. The van der Waals surface area contributed by atoms with Gasteiger partial charge >= 0.3 is 5.97 Å². The van der Waals surface area contributed by atoms with Crippen molar-refractivity contribution in [2.45, 2.75) is 6.92 Å². The number of ether oxygens (including phenoxy) is 1. The molecular weight excluding hydrogens is 266 g/mol. The zero-order valence-electron chi connectivity index (χ0n) is 11.4. The van der Waals surface area contributed by atoms with E-state index in [0.29, 0.717) is 16.7 Å². The third-order valence-electron chi connectivity index (χ3n) is 3.20. The first-order chi connectivity index (χ1) is 10.1. The molecule has 104 valence electrons. The van der Waals surface area contributed by atoms with Crippen molar-refractivity contribution in [3.8, 4) is 5.75 Å². The molecule has 2 aromatic carbocycles. The van der Waals surface area contributed by atoms with Crippen molar-refractivity contribution in [3.63, 3.8) is 0 Å². The summed E-state index contributed by atoms with van der Waals surface area (Å²) in [5, 5.41) is 0.661. The molecule has 0 spiro atoms. The summed E-state index contributed by atoms with van der Waals surface area (Å²) >= 11 is 0. The Hall–Kier alpha value is -2.88. The number of hydrogen-bond acceptors (Lipinski definition) is 3. The summed E-state index contributed by atoms with van der Waals surface area (Å²) in [5.41, 5.74) is 1.62. The predicted molar refractivity (Wildman–Crippen MR) is 80.7 cm³/mol. The standard InChI is InChI=1S/C17H13NO3/c1-11-6-8-12(9-7-11)21-17(20)14-10-16(19)18-15-5-3-2-4-13(14)15/h2-10H,1H3,(H,18,19). The Labute approximate surface area is 121 Å². The Kier molecular flexibility index (Phi) is 3.28. The minimum atomic E-state index is -0.541. The molecule has 21 heavy (non-hydrogen) atoms. The van der Waals surface area contributed by atoms with E-state index in [1.165, 1.54) is 6.07 Å². The van der Waals surface area contributed by atoms with Gasteiger partial charge in [0.15, 0.2) is 0 Å². The molecule has 0 aliphatic carbocycles. The maximum atomic E-state index is 12.3. The molecule has 0 aliphatic heterocycles. The third-order valence-corrected chi connectivity index (χ3v) is 3.20. The van der Waals surface area contributed by atoms with Crippen LogP contribution >= 0.6 is 0 Å². The highest BCUT2D eigenvalue weighted by molar-refractivity contribution is 6.03. The molecule has 0 unspecified atom stereocenters. The number of carbonyl (C=O) groups is 1. The SMILES string of the molecule is Cc1ccc(OC(=O)c2cc(=O)[nH]c3ccccc23)cc1. The molecule has 0 fully saturated rings. The van der Waals surface area contributed by atoms with Crippen LogP contribution in [0.5, 0.6) is 5.75 Å². The molecule has 3 rings (SSSR count). The van der Waals surface area contributed by atoms with Crippen LogP contribution in [0, 0.1) is 6.92 Å². The largest absolute Gasteiger partial charge is 0.423 e. The number of H-pyrrole nitrogens is 1. The van der Waals surface area contributed by atoms with Crippen molar-refractivity contribution in [2.75, 3.05) is 0 Å². The van der Waals surface area contributed by atoms with Gasteiger partial charge in [-0.1, -0.05) is 35.9 Å². The second-order valence-electron chi connectivity index (χ2n) is 4.80. The van der Waals surface area contributed by atoms with E-state index in [-0.39, 0.29) is 11.1 Å². The zero-order valence-corrected chi connectivity index (χ0v) is 11.4. The van der Waals surface area contributed by atoms with Crippen molar-refractivity contribution in [3.05, 3.63) is 76.1 Å². The number of fused-ring (bicyclic) bond motifs is 1. The third kappa shape index (κ3) is 2.69. The van der Waals surface area contributed by atoms with Gasteiger partial charge in [-0.15, -0.1) is 0 Å². The maximum Gasteiger partial charge on any atom is 0.344 e. The van der Waals surface area contributed by atoms with Gasteiger partial charge in [0.05, 0.1) is 5.56 Å². The van der Waals surface area contributed by atoms with Crippen molar-refractivity contribution >= 4 is 16.9 Å². The highest BCUT2D eigenvalue weighted by Gasteiger charge is 2.13. The van der Waals surface area contributed by atoms with E-state index < -0.39 is 5.97 Å². The van der Waals surface area contributed by atoms with Crippen LogP contribution in [0.1, 0.15) is 15.9 Å². The summed E-state index contributed by atoms with van der Waals surface area (Å²) in [6.07, 6.45) is 0. The van der Waals surface area contributed by atoms with Crippen LogP contribution in [0.4, 0.5) is 0 Å². The number of pyridine rings is 1. The molecule has 4 heteroatoms. The maximum absolute atomic E-state index is 12.3. The van der Waals surface area contributed by atoms with Gasteiger partial charge in [-0.05, 0) is 25.1 Å². The van der Waals surface area contributed by atoms with Crippen molar-refractivity contribution in [2.24, 2.45) is 0 Å². The number of rotatable bonds is 2. The Morgan fingerprint density at radius 1 is 1.05 bits per heavy atom. The highest BCUT2D eigenvalue weighted by Crippen LogP contribution is 2.18. The quantitative estimate of drug-likeness (QED) is 0.579. The predicted octanol–water partition coefficient (Wildman–Crippen LogP) is 3.06. The first-order valence-electron chi connectivity index (χ1n) is 6.54. The van der Waals surface area contributed by atoms with Crippen LogP contribution in [0.3, 0.4) is 0 Å². The second kappa shape index (κ2) is 5.25. The monoisotopic (exact) mass is 279 g/mol. The number of para-hydroxylation sites is 1. The van der Waals surface area contributed by atoms with Crippen LogP contribution in [-0.4, -0.2) is 11.0 Å². The number of carbonyl (C=O) groups excluding carboxylic acids is 1. The van der Waals surface area contributed by atoms with E-state index in [4.69, 9.17) is 4.74 Å². The summed E-state index contributed by atoms with van der Waals surface area (Å²) in [5.74, 6) is -0.0869. The lowest BCUT2D eigenvalue weighted by Crippen LogP contribution is -2.14. The molecule has 0 saturated carbocycles. The molecule has 0 amide bonds. The molecule has 1 N–H and O–H groups in total. The Bertz CT molecular complexity index is 863. The fourth-order valence-corrected chi connectivity index (χ4v) is 2.14. The number of aromatic amines is 1. The van der Waals surface area contributed by atoms with Crippen LogP contribution in [0.2, 0.25) is 0 Å². The first kappa shape index (κ1) is 13.1. The minimum absolute atomic E-state index is 0.259. The number of aryl methyl sites for hydroxylation is 1. The highest BCUT2D eigenvalue weighted by atomic mass is 16.5. The van der Waals surface area contributed by atoms with Crippen LogP contribution in [0.15, 0.2) is 59.4 Å². The zero-order chi connectivity index (χ0) is 14.8. The van der Waals surface area contributed by atoms with E-state index in [2.05, 4.69) is 4.98 Å². The molecule has 0 atom stereocenters. The number of aromatic nitrogens is 1. The number of nitrogens with one attached hydrogen (secondary N) is 1. The lowest BCUT2D eigenvalue weighted by Gasteiger charge is -2.07. The molecule has 3 aromatic rings. The average molecular weight is 279 g/mol. The van der Waals surface area contributed by atoms with E-state index in [1.807, 2.05) is 25.1 Å². The topological polar surface area (TPSA) is 59.2 Å². The molecular formula is C17H13NO3. The van der Waals surface area contributed by atoms with Gasteiger partial charge in [-0.2, -0.15) is 0 Å². The minimum Gasteiger partial charge on any atom is -0.423 e. The number of hydrogen-bond donors (Lipinski definition) is 1. The molecule has 0 saturated heterocycles. The fraction of sp³-hybridized carbons (Fsp3) is 0.0588. The Balaban J connectivity index is 2.01. The van der Waals surface area contributed by atoms with Gasteiger partial charge in [-0.25, -0.2) is 4.79 Å². The Morgan fingerprint density at radius 3 is 2.52 bits per heavy atom. The molecule has 4 nitrogen and oxygen atoms in total. The van der Waals surface area contributed by atoms with Crippen LogP contribution in [-0.2, 0) is 0 Å². The van der Waals surface area contributed by atoms with Crippen LogP contribution in [0.25, 0.3) is 10.9 Å². The summed E-state index contributed by atoms with van der Waals surface area (Å²) < 4.78 is 5.33. The van der Waals surface area contributed by atoms with E-state index in [9.17, 15) is 9.59 Å². The second-order valence-corrected chi connectivity index (χ2v) is 4.80. The summed E-state index contributed by atoms with van der Waals surface area (Å²) in [6.45, 7) is 1.95. The van der Waals surface area contributed by atoms with E-state index in [0.717, 1.165) is 5.56 Å². The lowest BCUT2D eigenvalue weighted by atomic mass is 10.1. The van der Waals surface area contributed by atoms with E-state index in [1.54, 1.807) is 30.3 Å². The molecule has 1 heterocycles. The van der Waals surface area contributed by atoms with Crippen molar-refractivity contribution in [1.82, 2.24) is 4.98 Å². The summed E-state index contributed by atoms with van der Waals surface area (Å²) in [6, 6.07) is 15.6. The van der Waals surface area contributed by atoms with Crippen LogP contribution < -0.4 is 10.3 Å². The Morgan fingerprint density at radius 2 is 1.76 bits per heavy atom. The van der Waals surface area contributed by atoms with E-state index >= 15 is 0 Å². The molecule has 1 aromatic heterocycles. The lowest BCUT2D eigenvalue weighted by molar-refractivity contribution is 0.0736. The van der Waals surface area contributed by atoms with Gasteiger partial charge in [0, 0.05) is 17.0 Å². The smallest absolute Gasteiger partial charge is 0.344 e. The average Bonchev–Trinajstić information content (AvgIpc) is 2.48. The van der Waals surface area contributed by atoms with Gasteiger partial charge < -0.3 is 9.72 Å². The van der Waals surface area contributed by atoms with Gasteiger partial charge in [0.2, 0.25) is 5.56 Å².